The third kappa shape index (κ3) is 4.52. The summed E-state index contributed by atoms with van der Waals surface area (Å²) >= 11 is 0. The predicted octanol–water partition coefficient (Wildman–Crippen LogP) is 1.83. The number of hydrogen-bond acceptors (Lipinski definition) is 7. The summed E-state index contributed by atoms with van der Waals surface area (Å²) in [7, 11) is 2.08. The Hall–Kier alpha value is -3.04. The highest BCUT2D eigenvalue weighted by molar-refractivity contribution is 5.95. The van der Waals surface area contributed by atoms with Crippen molar-refractivity contribution in [2.24, 2.45) is 5.41 Å². The molecule has 0 spiro atoms. The molecule has 1 saturated heterocycles. The van der Waals surface area contributed by atoms with Gasteiger partial charge in [0.1, 0.15) is 5.82 Å². The number of piperidine rings is 1. The van der Waals surface area contributed by atoms with Crippen molar-refractivity contribution in [3.8, 4) is 0 Å². The van der Waals surface area contributed by atoms with Crippen molar-refractivity contribution in [3.05, 3.63) is 47.4 Å². The molecule has 164 valence electrons. The van der Waals surface area contributed by atoms with E-state index in [9.17, 15) is 9.59 Å². The summed E-state index contributed by atoms with van der Waals surface area (Å²) in [6.45, 7) is 5.20. The van der Waals surface area contributed by atoms with Crippen LogP contribution in [0.2, 0.25) is 0 Å². The zero-order valence-corrected chi connectivity index (χ0v) is 17.9. The normalized spacial score (nSPS) is 18.2. The first-order valence-electron chi connectivity index (χ1n) is 10.5. The topological polar surface area (TPSA) is 111 Å². The molecule has 2 aliphatic heterocycles. The number of hydrogen-bond donors (Lipinski definition) is 3. The molecule has 0 atom stereocenters. The van der Waals surface area contributed by atoms with Crippen LogP contribution in [0.25, 0.3) is 0 Å². The first-order chi connectivity index (χ1) is 14.9. The quantitative estimate of drug-likeness (QED) is 0.507. The molecular formula is C22H28N6O3. The maximum absolute atomic E-state index is 12.9. The average molecular weight is 425 g/mol. The highest BCUT2D eigenvalue weighted by atomic mass is 16.5. The van der Waals surface area contributed by atoms with Crippen molar-refractivity contribution in [2.75, 3.05) is 36.9 Å². The fourth-order valence-electron chi connectivity index (χ4n) is 4.11. The molecule has 31 heavy (non-hydrogen) atoms. The number of carbonyl (C=O) groups is 2. The molecule has 0 unspecified atom stereocenters. The Balaban J connectivity index is 1.45. The number of nitrogens with zero attached hydrogens (tertiary/aromatic N) is 4. The molecule has 0 radical (unpaired) electrons. The molecule has 0 saturated carbocycles. The van der Waals surface area contributed by atoms with E-state index in [0.29, 0.717) is 17.9 Å². The van der Waals surface area contributed by atoms with Crippen LogP contribution in [0.3, 0.4) is 0 Å². The van der Waals surface area contributed by atoms with Crippen LogP contribution in [0.1, 0.15) is 41.4 Å². The third-order valence-electron chi connectivity index (χ3n) is 6.40. The van der Waals surface area contributed by atoms with Crippen LogP contribution < -0.4 is 15.7 Å². The first-order valence-corrected chi connectivity index (χ1v) is 10.5. The van der Waals surface area contributed by atoms with Gasteiger partial charge in [-0.3, -0.25) is 19.8 Å². The number of likely N-dealkylation sites (tertiary alicyclic amines) is 1. The van der Waals surface area contributed by atoms with Gasteiger partial charge in [0.05, 0.1) is 17.8 Å². The number of aromatic nitrogens is 2. The van der Waals surface area contributed by atoms with Gasteiger partial charge in [0, 0.05) is 36.1 Å². The lowest BCUT2D eigenvalue weighted by Gasteiger charge is -2.36. The summed E-state index contributed by atoms with van der Waals surface area (Å²) < 4.78 is 0. The van der Waals surface area contributed by atoms with E-state index in [0.717, 1.165) is 55.8 Å². The van der Waals surface area contributed by atoms with Crippen molar-refractivity contribution < 1.29 is 14.8 Å². The second-order valence-electron chi connectivity index (χ2n) is 8.66. The molecule has 0 aliphatic carbocycles. The fourth-order valence-corrected chi connectivity index (χ4v) is 4.11. The standard InChI is InChI=1S/C22H28N6O3/c1-22(5-9-27(2)10-6-22)21(30)25-19-12-17(3-7-23-19)28-8-4-15-11-16(20(29)26-31)13-24-18(15)14-28/h3,7,11-13,31H,4-6,8-10,14H2,1-2H3,(H,26,29)(H,23,25,30). The van der Waals surface area contributed by atoms with Gasteiger partial charge in [0.25, 0.3) is 5.91 Å². The molecule has 9 heteroatoms. The minimum atomic E-state index is -0.564. The molecule has 4 rings (SSSR count). The van der Waals surface area contributed by atoms with Crippen LogP contribution in [-0.2, 0) is 17.8 Å². The second-order valence-corrected chi connectivity index (χ2v) is 8.66. The van der Waals surface area contributed by atoms with E-state index in [1.165, 1.54) is 6.20 Å². The van der Waals surface area contributed by atoms with E-state index in [1.54, 1.807) is 17.7 Å². The predicted molar refractivity (Wildman–Crippen MR) is 116 cm³/mol. The summed E-state index contributed by atoms with van der Waals surface area (Å²) in [5.74, 6) is 0.00697. The van der Waals surface area contributed by atoms with Crippen LogP contribution in [0.4, 0.5) is 11.5 Å². The number of amides is 2. The number of pyridine rings is 2. The van der Waals surface area contributed by atoms with E-state index in [-0.39, 0.29) is 11.3 Å². The van der Waals surface area contributed by atoms with Gasteiger partial charge >= 0.3 is 0 Å². The van der Waals surface area contributed by atoms with Crippen molar-refractivity contribution in [1.29, 1.82) is 0 Å². The molecule has 9 nitrogen and oxygen atoms in total. The van der Waals surface area contributed by atoms with Gasteiger partial charge in [-0.05, 0) is 57.1 Å². The SMILES string of the molecule is CN1CCC(C)(C(=O)Nc2cc(N3CCc4cc(C(=O)NO)cnc4C3)ccn2)CC1. The van der Waals surface area contributed by atoms with Crippen LogP contribution in [-0.4, -0.2) is 58.6 Å². The van der Waals surface area contributed by atoms with Crippen LogP contribution >= 0.6 is 0 Å². The summed E-state index contributed by atoms with van der Waals surface area (Å²) in [5, 5.41) is 11.8. The molecule has 2 aliphatic rings. The fraction of sp³-hybridized carbons (Fsp3) is 0.455. The van der Waals surface area contributed by atoms with E-state index >= 15 is 0 Å². The van der Waals surface area contributed by atoms with E-state index in [1.807, 2.05) is 19.1 Å². The van der Waals surface area contributed by atoms with E-state index in [4.69, 9.17) is 5.21 Å². The molecule has 3 N–H and O–H groups in total. The molecular weight excluding hydrogens is 396 g/mol. The highest BCUT2D eigenvalue weighted by Gasteiger charge is 2.36. The van der Waals surface area contributed by atoms with Gasteiger partial charge in [-0.2, -0.15) is 0 Å². The first kappa shape index (κ1) is 21.2. The van der Waals surface area contributed by atoms with Gasteiger partial charge in [-0.15, -0.1) is 0 Å². The number of carbonyl (C=O) groups excluding carboxylic acids is 2. The Morgan fingerprint density at radius 1 is 1.16 bits per heavy atom. The molecule has 0 bridgehead atoms. The smallest absolute Gasteiger partial charge is 0.276 e. The third-order valence-corrected chi connectivity index (χ3v) is 6.40. The zero-order chi connectivity index (χ0) is 22.0. The minimum absolute atomic E-state index is 0.0191. The molecule has 0 aromatic carbocycles. The van der Waals surface area contributed by atoms with Crippen molar-refractivity contribution >= 4 is 23.3 Å². The zero-order valence-electron chi connectivity index (χ0n) is 17.9. The van der Waals surface area contributed by atoms with Gasteiger partial charge < -0.3 is 15.1 Å². The molecule has 1 fully saturated rings. The van der Waals surface area contributed by atoms with Gasteiger partial charge in [-0.1, -0.05) is 6.92 Å². The minimum Gasteiger partial charge on any atom is -0.365 e. The maximum atomic E-state index is 12.9. The van der Waals surface area contributed by atoms with Gasteiger partial charge in [0.2, 0.25) is 5.91 Å². The largest absolute Gasteiger partial charge is 0.365 e. The lowest BCUT2D eigenvalue weighted by molar-refractivity contribution is -0.127. The summed E-state index contributed by atoms with van der Waals surface area (Å²) in [4.78, 5) is 37.7. The molecule has 2 aromatic heterocycles. The van der Waals surface area contributed by atoms with Crippen molar-refractivity contribution in [3.63, 3.8) is 0 Å². The van der Waals surface area contributed by atoms with Crippen molar-refractivity contribution in [2.45, 2.75) is 32.7 Å². The summed E-state index contributed by atoms with van der Waals surface area (Å²) in [6, 6.07) is 5.59. The molecule has 4 heterocycles. The number of hydroxylamine groups is 1. The Labute approximate surface area is 181 Å². The maximum Gasteiger partial charge on any atom is 0.276 e. The van der Waals surface area contributed by atoms with Gasteiger partial charge in [-0.25, -0.2) is 10.5 Å². The number of anilines is 2. The molecule has 2 aromatic rings. The Morgan fingerprint density at radius 2 is 1.94 bits per heavy atom. The Morgan fingerprint density at radius 3 is 2.68 bits per heavy atom. The van der Waals surface area contributed by atoms with E-state index in [2.05, 4.69) is 32.1 Å². The molecule has 2 amide bonds. The monoisotopic (exact) mass is 424 g/mol. The lowest BCUT2D eigenvalue weighted by atomic mass is 9.79. The number of nitrogens with one attached hydrogen (secondary N) is 2. The average Bonchev–Trinajstić information content (AvgIpc) is 2.80. The van der Waals surface area contributed by atoms with Crippen LogP contribution in [0.5, 0.6) is 0 Å². The Kier molecular flexibility index (Phi) is 5.88. The lowest BCUT2D eigenvalue weighted by Crippen LogP contribution is -2.43. The van der Waals surface area contributed by atoms with Crippen molar-refractivity contribution in [1.82, 2.24) is 20.3 Å². The second kappa shape index (κ2) is 8.60. The number of rotatable bonds is 4. The van der Waals surface area contributed by atoms with Gasteiger partial charge in [0.15, 0.2) is 0 Å². The number of fused-ring (bicyclic) bond motifs is 1. The summed E-state index contributed by atoms with van der Waals surface area (Å²) in [5.41, 5.74) is 4.45. The van der Waals surface area contributed by atoms with E-state index < -0.39 is 5.91 Å². The Bertz CT molecular complexity index is 987. The van der Waals surface area contributed by atoms with Crippen LogP contribution in [0.15, 0.2) is 30.6 Å². The van der Waals surface area contributed by atoms with Crippen LogP contribution in [0, 0.1) is 5.41 Å². The summed E-state index contributed by atoms with van der Waals surface area (Å²) in [6.07, 6.45) is 5.57. The highest BCUT2D eigenvalue weighted by Crippen LogP contribution is 2.32.